The van der Waals surface area contributed by atoms with Gasteiger partial charge in [-0.2, -0.15) is 8.78 Å². The fourth-order valence-electron chi connectivity index (χ4n) is 3.83. The Balaban J connectivity index is 1.47. The van der Waals surface area contributed by atoms with Gasteiger partial charge in [0.15, 0.2) is 0 Å². The van der Waals surface area contributed by atoms with Crippen LogP contribution in [0.25, 0.3) is 28.3 Å². The van der Waals surface area contributed by atoms with Gasteiger partial charge in [0.2, 0.25) is 0 Å². The van der Waals surface area contributed by atoms with Gasteiger partial charge >= 0.3 is 6.11 Å². The maximum atomic E-state index is 14.6. The van der Waals surface area contributed by atoms with Gasteiger partial charge in [0, 0.05) is 23.3 Å². The molecule has 190 valence electrons. The number of rotatable bonds is 8. The lowest BCUT2D eigenvalue weighted by atomic mass is 10.0. The van der Waals surface area contributed by atoms with Gasteiger partial charge in [-0.1, -0.05) is 67.4 Å². The van der Waals surface area contributed by atoms with Crippen LogP contribution in [0.3, 0.4) is 0 Å². The van der Waals surface area contributed by atoms with Gasteiger partial charge in [0.1, 0.15) is 23.2 Å². The Morgan fingerprint density at radius 2 is 1.43 bits per heavy atom. The monoisotopic (exact) mass is 528 g/mol. The van der Waals surface area contributed by atoms with Gasteiger partial charge in [-0.25, -0.2) is 13.2 Å². The average molecular weight is 529 g/mol. The summed E-state index contributed by atoms with van der Waals surface area (Å²) in [5.74, 6) is -2.75. The van der Waals surface area contributed by atoms with Crippen LogP contribution in [0, 0.1) is 17.5 Å². The largest absolute Gasteiger partial charge is 0.429 e. The highest BCUT2D eigenvalue weighted by atomic mass is 35.5. The molecule has 0 spiro atoms. The van der Waals surface area contributed by atoms with Crippen LogP contribution < -0.4 is 4.74 Å². The van der Waals surface area contributed by atoms with Crippen LogP contribution in [-0.4, -0.2) is 6.11 Å². The molecule has 0 unspecified atom stereocenters. The summed E-state index contributed by atoms with van der Waals surface area (Å²) in [6, 6.07) is 18.9. The molecule has 1 nitrogen and oxygen atoms in total. The number of hydrogen-bond acceptors (Lipinski definition) is 1. The molecule has 0 atom stereocenters. The highest BCUT2D eigenvalue weighted by Gasteiger charge is 2.28. The van der Waals surface area contributed by atoms with E-state index in [4.69, 9.17) is 11.6 Å². The molecule has 7 heteroatoms. The van der Waals surface area contributed by atoms with Crippen LogP contribution in [0.1, 0.15) is 24.5 Å². The SMILES string of the molecule is CCCc1ccc(-c2ccc(/C=C/C(F)(F)Oc3ccc(-c4ccc(Cl)c(F)c4)c(F)c3)c(F)c2)cc1. The number of halogens is 6. The van der Waals surface area contributed by atoms with Crippen molar-refractivity contribution >= 4 is 17.7 Å². The number of aryl methyl sites for hydroxylation is 1. The highest BCUT2D eigenvalue weighted by Crippen LogP contribution is 2.31. The minimum absolute atomic E-state index is 0.0102. The van der Waals surface area contributed by atoms with Crippen molar-refractivity contribution in [3.8, 4) is 28.0 Å². The van der Waals surface area contributed by atoms with E-state index in [1.165, 1.54) is 35.9 Å². The van der Waals surface area contributed by atoms with Gasteiger partial charge in [-0.05, 0) is 65.1 Å². The summed E-state index contributed by atoms with van der Waals surface area (Å²) in [4.78, 5) is 0. The van der Waals surface area contributed by atoms with Crippen LogP contribution >= 0.6 is 11.6 Å². The van der Waals surface area contributed by atoms with Crippen molar-refractivity contribution in [2.24, 2.45) is 0 Å². The lowest BCUT2D eigenvalue weighted by Crippen LogP contribution is -2.21. The van der Waals surface area contributed by atoms with Crippen LogP contribution in [0.4, 0.5) is 22.0 Å². The predicted molar refractivity (Wildman–Crippen MR) is 137 cm³/mol. The molecule has 0 heterocycles. The summed E-state index contributed by atoms with van der Waals surface area (Å²) in [6.45, 7) is 2.09. The van der Waals surface area contributed by atoms with E-state index in [-0.39, 0.29) is 21.7 Å². The molecular formula is C30H22ClF5O. The quantitative estimate of drug-likeness (QED) is 0.207. The van der Waals surface area contributed by atoms with Gasteiger partial charge < -0.3 is 4.74 Å². The second-order valence-electron chi connectivity index (χ2n) is 8.45. The van der Waals surface area contributed by atoms with Crippen LogP contribution in [0.2, 0.25) is 5.02 Å². The van der Waals surface area contributed by atoms with Gasteiger partial charge in [-0.3, -0.25) is 0 Å². The van der Waals surface area contributed by atoms with E-state index >= 15 is 0 Å². The number of ether oxygens (including phenoxy) is 1. The Hall–Kier alpha value is -3.64. The van der Waals surface area contributed by atoms with Gasteiger partial charge in [0.05, 0.1) is 5.02 Å². The maximum Gasteiger partial charge on any atom is 0.419 e. The summed E-state index contributed by atoms with van der Waals surface area (Å²) in [5, 5.41) is -0.123. The summed E-state index contributed by atoms with van der Waals surface area (Å²) < 4.78 is 76.3. The van der Waals surface area contributed by atoms with E-state index in [0.29, 0.717) is 11.6 Å². The molecule has 0 aliphatic heterocycles. The van der Waals surface area contributed by atoms with Crippen molar-refractivity contribution in [3.63, 3.8) is 0 Å². The van der Waals surface area contributed by atoms with Crippen LogP contribution in [0.15, 0.2) is 84.9 Å². The van der Waals surface area contributed by atoms with E-state index in [9.17, 15) is 22.0 Å². The summed E-state index contributed by atoms with van der Waals surface area (Å²) in [6.07, 6.45) is -0.571. The molecule has 0 aliphatic rings. The Labute approximate surface area is 216 Å². The lowest BCUT2D eigenvalue weighted by Gasteiger charge is -2.15. The molecule has 4 aromatic rings. The van der Waals surface area contributed by atoms with Crippen LogP contribution in [0.5, 0.6) is 5.75 Å². The molecule has 4 rings (SSSR count). The minimum atomic E-state index is -3.85. The molecule has 0 amide bonds. The first-order valence-corrected chi connectivity index (χ1v) is 11.9. The molecule has 0 fully saturated rings. The number of alkyl halides is 2. The molecule has 0 bridgehead atoms. The summed E-state index contributed by atoms with van der Waals surface area (Å²) >= 11 is 5.64. The zero-order valence-corrected chi connectivity index (χ0v) is 20.5. The van der Waals surface area contributed by atoms with E-state index in [1.807, 2.05) is 24.3 Å². The predicted octanol–water partition coefficient (Wildman–Crippen LogP) is 9.73. The topological polar surface area (TPSA) is 9.23 Å². The number of hydrogen-bond donors (Lipinski definition) is 0. The van der Waals surface area contributed by atoms with Crippen molar-refractivity contribution in [3.05, 3.63) is 119 Å². The molecule has 0 saturated carbocycles. The van der Waals surface area contributed by atoms with E-state index < -0.39 is 29.3 Å². The third kappa shape index (κ3) is 6.57. The second kappa shape index (κ2) is 11.2. The molecule has 37 heavy (non-hydrogen) atoms. The third-order valence-electron chi connectivity index (χ3n) is 5.71. The highest BCUT2D eigenvalue weighted by molar-refractivity contribution is 6.30. The van der Waals surface area contributed by atoms with Crippen molar-refractivity contribution in [1.29, 1.82) is 0 Å². The minimum Gasteiger partial charge on any atom is -0.429 e. The summed E-state index contributed by atoms with van der Waals surface area (Å²) in [5.41, 5.74) is 2.74. The first-order chi connectivity index (χ1) is 17.6. The molecule has 0 saturated heterocycles. The van der Waals surface area contributed by atoms with Crippen molar-refractivity contribution in [2.75, 3.05) is 0 Å². The van der Waals surface area contributed by atoms with Crippen molar-refractivity contribution < 1.29 is 26.7 Å². The molecule has 0 aliphatic carbocycles. The molecule has 0 radical (unpaired) electrons. The lowest BCUT2D eigenvalue weighted by molar-refractivity contribution is -0.131. The van der Waals surface area contributed by atoms with E-state index in [2.05, 4.69) is 11.7 Å². The summed E-state index contributed by atoms with van der Waals surface area (Å²) in [7, 11) is 0. The Kier molecular flexibility index (Phi) is 7.98. The molecule has 0 N–H and O–H groups in total. The Morgan fingerprint density at radius 1 is 0.757 bits per heavy atom. The van der Waals surface area contributed by atoms with Crippen molar-refractivity contribution in [2.45, 2.75) is 25.9 Å². The van der Waals surface area contributed by atoms with E-state index in [1.54, 1.807) is 6.07 Å². The maximum absolute atomic E-state index is 14.6. The zero-order valence-electron chi connectivity index (χ0n) is 19.8. The smallest absolute Gasteiger partial charge is 0.419 e. The first kappa shape index (κ1) is 26.4. The molecular weight excluding hydrogens is 507 g/mol. The number of benzene rings is 4. The average Bonchev–Trinajstić information content (AvgIpc) is 2.86. The Morgan fingerprint density at radius 3 is 2.08 bits per heavy atom. The fourth-order valence-corrected chi connectivity index (χ4v) is 3.95. The zero-order chi connectivity index (χ0) is 26.6. The van der Waals surface area contributed by atoms with Crippen molar-refractivity contribution in [1.82, 2.24) is 0 Å². The van der Waals surface area contributed by atoms with Gasteiger partial charge in [-0.15, -0.1) is 0 Å². The van der Waals surface area contributed by atoms with Crippen LogP contribution in [-0.2, 0) is 6.42 Å². The molecule has 4 aromatic carbocycles. The first-order valence-electron chi connectivity index (χ1n) is 11.5. The fraction of sp³-hybridized carbons (Fsp3) is 0.133. The second-order valence-corrected chi connectivity index (χ2v) is 8.86. The normalized spacial score (nSPS) is 11.8. The van der Waals surface area contributed by atoms with E-state index in [0.717, 1.165) is 42.7 Å². The standard InChI is InChI=1S/C30H22ClF5O/c1-2-3-19-4-6-20(7-5-19)22-9-8-21(27(32)16-22)14-15-30(35,36)37-24-11-12-25(28(33)18-24)23-10-13-26(31)29(34)17-23/h4-18H,2-3H2,1H3/b15-14+. The third-order valence-corrected chi connectivity index (χ3v) is 6.01. The molecule has 0 aromatic heterocycles. The van der Waals surface area contributed by atoms with Gasteiger partial charge in [0.25, 0.3) is 0 Å². The Bertz CT molecular complexity index is 1430.